The van der Waals surface area contributed by atoms with Crippen LogP contribution in [0.15, 0.2) is 24.3 Å². The molecule has 1 aromatic carbocycles. The summed E-state index contributed by atoms with van der Waals surface area (Å²) < 4.78 is 0. The van der Waals surface area contributed by atoms with Gasteiger partial charge in [-0.05, 0) is 44.7 Å². The van der Waals surface area contributed by atoms with E-state index in [2.05, 4.69) is 36.5 Å². The summed E-state index contributed by atoms with van der Waals surface area (Å²) in [6.45, 7) is 2.10. The Bertz CT molecular complexity index is 299. The number of aliphatic hydroxyl groups is 1. The molecule has 0 unspecified atom stereocenters. The van der Waals surface area contributed by atoms with Crippen LogP contribution >= 0.6 is 0 Å². The molecule has 1 saturated carbocycles. The van der Waals surface area contributed by atoms with Gasteiger partial charge in [-0.3, -0.25) is 0 Å². The summed E-state index contributed by atoms with van der Waals surface area (Å²) in [5, 5.41) is 12.9. The van der Waals surface area contributed by atoms with Gasteiger partial charge in [0.1, 0.15) is 0 Å². The van der Waals surface area contributed by atoms with E-state index in [1.807, 2.05) is 0 Å². The molecule has 1 aromatic rings. The number of nitrogens with one attached hydrogen (secondary N) is 1. The van der Waals surface area contributed by atoms with Crippen molar-refractivity contribution < 1.29 is 5.11 Å². The summed E-state index contributed by atoms with van der Waals surface area (Å²) in [4.78, 5) is 0. The molecule has 0 spiro atoms. The average Bonchev–Trinajstić information content (AvgIpc) is 2.25. The molecule has 0 heterocycles. The molecular weight excluding hydrogens is 186 g/mol. The van der Waals surface area contributed by atoms with Crippen LogP contribution in [0.1, 0.15) is 31.2 Å². The van der Waals surface area contributed by atoms with Gasteiger partial charge in [-0.25, -0.2) is 0 Å². The molecule has 0 amide bonds. The lowest BCUT2D eigenvalue weighted by atomic mass is 9.93. The van der Waals surface area contributed by atoms with Gasteiger partial charge in [0.2, 0.25) is 0 Å². The van der Waals surface area contributed by atoms with Crippen LogP contribution in [0.25, 0.3) is 0 Å². The lowest BCUT2D eigenvalue weighted by Crippen LogP contribution is -2.28. The van der Waals surface area contributed by atoms with Crippen molar-refractivity contribution in [3.05, 3.63) is 29.8 Å². The van der Waals surface area contributed by atoms with Crippen LogP contribution in [-0.4, -0.2) is 17.3 Å². The van der Waals surface area contributed by atoms with Crippen molar-refractivity contribution in [1.82, 2.24) is 0 Å². The van der Waals surface area contributed by atoms with Crippen molar-refractivity contribution in [1.29, 1.82) is 0 Å². The van der Waals surface area contributed by atoms with Crippen molar-refractivity contribution in [2.24, 2.45) is 0 Å². The molecule has 2 heteroatoms. The fourth-order valence-corrected chi connectivity index (χ4v) is 2.11. The van der Waals surface area contributed by atoms with E-state index < -0.39 is 0 Å². The molecule has 0 aliphatic heterocycles. The second kappa shape index (κ2) is 4.67. The first-order valence-corrected chi connectivity index (χ1v) is 5.75. The highest BCUT2D eigenvalue weighted by atomic mass is 16.3. The van der Waals surface area contributed by atoms with E-state index in [1.165, 1.54) is 11.3 Å². The summed E-state index contributed by atoms with van der Waals surface area (Å²) in [6.07, 6.45) is 3.96. The zero-order valence-electron chi connectivity index (χ0n) is 9.24. The van der Waals surface area contributed by atoms with Crippen LogP contribution in [0.5, 0.6) is 0 Å². The molecule has 15 heavy (non-hydrogen) atoms. The van der Waals surface area contributed by atoms with E-state index in [0.29, 0.717) is 6.04 Å². The highest BCUT2D eigenvalue weighted by Gasteiger charge is 2.18. The van der Waals surface area contributed by atoms with Gasteiger partial charge in [0.25, 0.3) is 0 Å². The average molecular weight is 205 g/mol. The van der Waals surface area contributed by atoms with E-state index in [4.69, 9.17) is 0 Å². The Morgan fingerprint density at radius 1 is 1.07 bits per heavy atom. The number of benzene rings is 1. The van der Waals surface area contributed by atoms with Gasteiger partial charge in [-0.15, -0.1) is 0 Å². The molecule has 82 valence electrons. The van der Waals surface area contributed by atoms with Crippen molar-refractivity contribution >= 4 is 5.69 Å². The summed E-state index contributed by atoms with van der Waals surface area (Å²) in [5.41, 5.74) is 2.49. The van der Waals surface area contributed by atoms with Gasteiger partial charge in [0, 0.05) is 11.7 Å². The van der Waals surface area contributed by atoms with Crippen LogP contribution < -0.4 is 5.32 Å². The molecule has 0 radical (unpaired) electrons. The maximum Gasteiger partial charge on any atom is 0.0541 e. The number of aryl methyl sites for hydroxylation is 1. The number of anilines is 1. The number of aliphatic hydroxyl groups excluding tert-OH is 1. The molecule has 0 bridgehead atoms. The number of rotatable bonds is 2. The van der Waals surface area contributed by atoms with Crippen LogP contribution in [0.3, 0.4) is 0 Å². The van der Waals surface area contributed by atoms with Crippen LogP contribution in [0.4, 0.5) is 5.69 Å². The minimum absolute atomic E-state index is 0.0685. The molecule has 1 aliphatic rings. The third kappa shape index (κ3) is 2.96. The molecule has 2 rings (SSSR count). The first kappa shape index (κ1) is 10.5. The van der Waals surface area contributed by atoms with E-state index in [-0.39, 0.29) is 6.10 Å². The molecule has 2 N–H and O–H groups in total. The Hall–Kier alpha value is -1.02. The van der Waals surface area contributed by atoms with Crippen LogP contribution in [0.2, 0.25) is 0 Å². The monoisotopic (exact) mass is 205 g/mol. The van der Waals surface area contributed by atoms with Gasteiger partial charge in [0.15, 0.2) is 0 Å². The van der Waals surface area contributed by atoms with Gasteiger partial charge in [-0.1, -0.05) is 17.7 Å². The van der Waals surface area contributed by atoms with Gasteiger partial charge in [-0.2, -0.15) is 0 Å². The van der Waals surface area contributed by atoms with Crippen molar-refractivity contribution in [2.45, 2.75) is 44.8 Å². The molecule has 1 aliphatic carbocycles. The zero-order chi connectivity index (χ0) is 10.7. The third-order valence-corrected chi connectivity index (χ3v) is 3.12. The standard InChI is InChI=1S/C13H19NO/c1-10-2-4-11(5-3-10)14-12-6-8-13(15)9-7-12/h2-5,12-15H,6-9H2,1H3/t12-,13-. The zero-order valence-corrected chi connectivity index (χ0v) is 9.24. The maximum absolute atomic E-state index is 9.40. The SMILES string of the molecule is Cc1ccc(N[C@H]2CC[C@H](O)CC2)cc1. The largest absolute Gasteiger partial charge is 0.393 e. The highest BCUT2D eigenvalue weighted by molar-refractivity contribution is 5.45. The molecule has 0 saturated heterocycles. The Morgan fingerprint density at radius 2 is 1.67 bits per heavy atom. The Morgan fingerprint density at radius 3 is 2.27 bits per heavy atom. The summed E-state index contributed by atoms with van der Waals surface area (Å²) in [5.74, 6) is 0. The Kier molecular flexibility index (Phi) is 3.27. The second-order valence-corrected chi connectivity index (χ2v) is 4.52. The van der Waals surface area contributed by atoms with Crippen molar-refractivity contribution in [3.63, 3.8) is 0 Å². The van der Waals surface area contributed by atoms with Crippen LogP contribution in [0, 0.1) is 6.92 Å². The first-order valence-electron chi connectivity index (χ1n) is 5.75. The second-order valence-electron chi connectivity index (χ2n) is 4.52. The molecule has 1 fully saturated rings. The molecule has 0 aromatic heterocycles. The minimum atomic E-state index is -0.0685. The minimum Gasteiger partial charge on any atom is -0.393 e. The highest BCUT2D eigenvalue weighted by Crippen LogP contribution is 2.22. The lowest BCUT2D eigenvalue weighted by molar-refractivity contribution is 0.126. The molecule has 2 nitrogen and oxygen atoms in total. The van der Waals surface area contributed by atoms with Gasteiger partial charge < -0.3 is 10.4 Å². The van der Waals surface area contributed by atoms with Crippen LogP contribution in [-0.2, 0) is 0 Å². The predicted octanol–water partition coefficient (Wildman–Crippen LogP) is 2.71. The van der Waals surface area contributed by atoms with E-state index in [1.54, 1.807) is 0 Å². The van der Waals surface area contributed by atoms with Crippen molar-refractivity contribution in [3.8, 4) is 0 Å². The smallest absolute Gasteiger partial charge is 0.0541 e. The summed E-state index contributed by atoms with van der Waals surface area (Å²) >= 11 is 0. The van der Waals surface area contributed by atoms with E-state index >= 15 is 0 Å². The van der Waals surface area contributed by atoms with E-state index in [9.17, 15) is 5.11 Å². The van der Waals surface area contributed by atoms with Crippen molar-refractivity contribution in [2.75, 3.05) is 5.32 Å². The molecule has 0 atom stereocenters. The summed E-state index contributed by atoms with van der Waals surface area (Å²) in [6, 6.07) is 9.04. The van der Waals surface area contributed by atoms with Gasteiger partial charge in [0.05, 0.1) is 6.10 Å². The third-order valence-electron chi connectivity index (χ3n) is 3.12. The summed E-state index contributed by atoms with van der Waals surface area (Å²) in [7, 11) is 0. The number of hydrogen-bond donors (Lipinski definition) is 2. The molecular formula is C13H19NO. The first-order chi connectivity index (χ1) is 7.24. The Labute approximate surface area is 91.3 Å². The maximum atomic E-state index is 9.40. The van der Waals surface area contributed by atoms with E-state index in [0.717, 1.165) is 25.7 Å². The fourth-order valence-electron chi connectivity index (χ4n) is 2.11. The lowest BCUT2D eigenvalue weighted by Gasteiger charge is -2.27. The topological polar surface area (TPSA) is 32.3 Å². The fraction of sp³-hybridized carbons (Fsp3) is 0.538. The quantitative estimate of drug-likeness (QED) is 0.778. The predicted molar refractivity (Wildman–Crippen MR) is 63.1 cm³/mol. The van der Waals surface area contributed by atoms with Gasteiger partial charge >= 0.3 is 0 Å². The number of hydrogen-bond acceptors (Lipinski definition) is 2. The normalized spacial score (nSPS) is 26.3. The Balaban J connectivity index is 1.89.